The summed E-state index contributed by atoms with van der Waals surface area (Å²) in [5.41, 5.74) is -2.06. The van der Waals surface area contributed by atoms with Crippen molar-refractivity contribution >= 4 is 18.0 Å². The number of carbonyl (C=O) groups excluding carboxylic acids is 3. The first-order chi connectivity index (χ1) is 17.8. The molecule has 1 rings (SSSR count). The number of aliphatic hydroxyl groups excluding tert-OH is 4. The summed E-state index contributed by atoms with van der Waals surface area (Å²) >= 11 is 0. The molecule has 1 aliphatic heterocycles. The van der Waals surface area contributed by atoms with Crippen LogP contribution in [0.15, 0.2) is 0 Å². The topological polar surface area (TPSA) is 216 Å². The molecule has 0 aromatic carbocycles. The largest absolute Gasteiger partial charge is 0.547 e. The van der Waals surface area contributed by atoms with Crippen LogP contribution in [0.3, 0.4) is 0 Å². The summed E-state index contributed by atoms with van der Waals surface area (Å²) in [5, 5.41) is 58.2. The van der Waals surface area contributed by atoms with Gasteiger partial charge >= 0.3 is 6.09 Å². The van der Waals surface area contributed by atoms with Gasteiger partial charge in [0.2, 0.25) is 5.91 Å². The van der Waals surface area contributed by atoms with E-state index in [1.807, 2.05) is 0 Å². The molecular formula is C24H43N2O12-. The molecule has 0 spiro atoms. The van der Waals surface area contributed by atoms with Gasteiger partial charge in [0.15, 0.2) is 0 Å². The van der Waals surface area contributed by atoms with Gasteiger partial charge in [0.05, 0.1) is 44.5 Å². The fourth-order valence-electron chi connectivity index (χ4n) is 5.02. The lowest BCUT2D eigenvalue weighted by Gasteiger charge is -2.54. The number of hydrogen-bond acceptors (Lipinski definition) is 12. The minimum Gasteiger partial charge on any atom is -0.547 e. The highest BCUT2D eigenvalue weighted by Gasteiger charge is 2.55. The average Bonchev–Trinajstić information content (AvgIpc) is 2.84. The predicted molar refractivity (Wildman–Crippen MR) is 129 cm³/mol. The quantitative estimate of drug-likeness (QED) is 0.107. The molecule has 0 aromatic rings. The molecule has 6 atom stereocenters. The van der Waals surface area contributed by atoms with E-state index in [0.29, 0.717) is 13.2 Å². The lowest BCUT2D eigenvalue weighted by atomic mass is 9.68. The molecule has 14 nitrogen and oxygen atoms in total. The van der Waals surface area contributed by atoms with E-state index in [0.717, 1.165) is 0 Å². The molecule has 0 saturated carbocycles. The number of nitrogens with one attached hydrogen (secondary N) is 2. The van der Waals surface area contributed by atoms with E-state index < -0.39 is 79.5 Å². The fourth-order valence-corrected chi connectivity index (χ4v) is 5.02. The van der Waals surface area contributed by atoms with E-state index >= 15 is 0 Å². The highest BCUT2D eigenvalue weighted by Crippen LogP contribution is 2.43. The van der Waals surface area contributed by atoms with Crippen LogP contribution in [0.5, 0.6) is 0 Å². The van der Waals surface area contributed by atoms with Gasteiger partial charge in [0.25, 0.3) is 0 Å². The van der Waals surface area contributed by atoms with Gasteiger partial charge in [-0.15, -0.1) is 0 Å². The van der Waals surface area contributed by atoms with E-state index in [1.54, 1.807) is 27.7 Å². The molecule has 0 radical (unpaired) electrons. The molecule has 222 valence electrons. The van der Waals surface area contributed by atoms with E-state index in [2.05, 4.69) is 10.6 Å². The summed E-state index contributed by atoms with van der Waals surface area (Å²) in [6.45, 7) is 6.41. The van der Waals surface area contributed by atoms with Crippen molar-refractivity contribution in [3.63, 3.8) is 0 Å². The maximum Gasteiger partial charge on any atom is 0.407 e. The zero-order valence-corrected chi connectivity index (χ0v) is 22.6. The number of amides is 2. The number of carboxylic acid groups (broad SMARTS) is 1. The Morgan fingerprint density at radius 1 is 1.08 bits per heavy atom. The number of rotatable bonds is 16. The Bertz CT molecular complexity index is 744. The summed E-state index contributed by atoms with van der Waals surface area (Å²) in [5.74, 6) is -3.58. The number of hydrogen-bond donors (Lipinski definition) is 6. The van der Waals surface area contributed by atoms with Gasteiger partial charge in [0, 0.05) is 13.5 Å². The van der Waals surface area contributed by atoms with Crippen molar-refractivity contribution < 1.29 is 58.9 Å². The summed E-state index contributed by atoms with van der Waals surface area (Å²) in [7, 11) is 1.52. The van der Waals surface area contributed by atoms with Crippen LogP contribution in [-0.4, -0.2) is 121 Å². The number of aliphatic hydroxyl groups is 4. The Labute approximate surface area is 222 Å². The molecule has 38 heavy (non-hydrogen) atoms. The Balaban J connectivity index is 2.98. The molecule has 2 amide bonds. The van der Waals surface area contributed by atoms with Crippen LogP contribution >= 0.6 is 0 Å². The van der Waals surface area contributed by atoms with Crippen molar-refractivity contribution in [2.45, 2.75) is 70.2 Å². The lowest BCUT2D eigenvalue weighted by molar-refractivity contribution is -0.349. The number of aliphatic carboxylic acids is 1. The second-order valence-electron chi connectivity index (χ2n) is 9.97. The molecule has 1 heterocycles. The lowest BCUT2D eigenvalue weighted by Crippen LogP contribution is -2.72. The standard InChI is InChI=1S/C24H44N2O12/c1-13(2)18(14(3)4)24(22(32)33)10-15(28)19(21(38-24)20(31)16(29)12-27)26-17(30)11-25-23(34)37-9-8-36-7-6-35-5/h13-16,18-21,27-29,31H,6-12H2,1-5H3,(H,25,34)(H,26,30)(H,32,33)/p-1/t15?,16-,19?,20-,21?,24?/m1/s1. The number of methoxy groups -OCH3 is 1. The van der Waals surface area contributed by atoms with Crippen LogP contribution in [0.4, 0.5) is 4.79 Å². The Morgan fingerprint density at radius 3 is 2.21 bits per heavy atom. The molecule has 14 heteroatoms. The van der Waals surface area contributed by atoms with Crippen LogP contribution in [0.2, 0.25) is 0 Å². The Hall–Kier alpha value is -2.07. The van der Waals surface area contributed by atoms with E-state index in [1.165, 1.54) is 7.11 Å². The fraction of sp³-hybridized carbons (Fsp3) is 0.875. The minimum absolute atomic E-state index is 0.0716. The second-order valence-corrected chi connectivity index (χ2v) is 9.97. The minimum atomic E-state index is -2.06. The van der Waals surface area contributed by atoms with Crippen LogP contribution in [0.25, 0.3) is 0 Å². The molecular weight excluding hydrogens is 508 g/mol. The van der Waals surface area contributed by atoms with Crippen molar-refractivity contribution in [1.82, 2.24) is 10.6 Å². The third kappa shape index (κ3) is 9.29. The Kier molecular flexibility index (Phi) is 14.4. The van der Waals surface area contributed by atoms with Gasteiger partial charge in [0.1, 0.15) is 37.1 Å². The van der Waals surface area contributed by atoms with Crippen molar-refractivity contribution in [2.75, 3.05) is 46.7 Å². The van der Waals surface area contributed by atoms with Gasteiger partial charge in [-0.3, -0.25) is 4.79 Å². The normalized spacial score (nSPS) is 25.3. The first-order valence-electron chi connectivity index (χ1n) is 12.6. The number of carboxylic acids is 1. The molecule has 0 aliphatic carbocycles. The number of ether oxygens (including phenoxy) is 4. The third-order valence-electron chi connectivity index (χ3n) is 6.48. The third-order valence-corrected chi connectivity index (χ3v) is 6.48. The second kappa shape index (κ2) is 16.1. The van der Waals surface area contributed by atoms with Crippen molar-refractivity contribution in [3.05, 3.63) is 0 Å². The van der Waals surface area contributed by atoms with Gasteiger partial charge < -0.3 is 59.9 Å². The van der Waals surface area contributed by atoms with E-state index in [-0.39, 0.29) is 25.0 Å². The summed E-state index contributed by atoms with van der Waals surface area (Å²) in [6, 6.07) is -1.39. The van der Waals surface area contributed by atoms with Gasteiger partial charge in [-0.05, 0) is 17.8 Å². The highest BCUT2D eigenvalue weighted by atomic mass is 16.6. The molecule has 4 unspecified atom stereocenters. The molecule has 1 fully saturated rings. The van der Waals surface area contributed by atoms with Crippen molar-refractivity contribution in [3.8, 4) is 0 Å². The maximum atomic E-state index is 12.6. The van der Waals surface area contributed by atoms with Crippen molar-refractivity contribution in [1.29, 1.82) is 0 Å². The summed E-state index contributed by atoms with van der Waals surface area (Å²) in [6.07, 6.45) is -8.21. The first-order valence-corrected chi connectivity index (χ1v) is 12.6. The zero-order valence-electron chi connectivity index (χ0n) is 22.6. The summed E-state index contributed by atoms with van der Waals surface area (Å²) < 4.78 is 20.7. The van der Waals surface area contributed by atoms with Gasteiger partial charge in [-0.1, -0.05) is 27.7 Å². The smallest absolute Gasteiger partial charge is 0.407 e. The Morgan fingerprint density at radius 2 is 1.68 bits per heavy atom. The van der Waals surface area contributed by atoms with E-state index in [4.69, 9.17) is 18.9 Å². The molecule has 6 N–H and O–H groups in total. The highest BCUT2D eigenvalue weighted by molar-refractivity contribution is 5.82. The van der Waals surface area contributed by atoms with E-state index in [9.17, 15) is 39.9 Å². The van der Waals surface area contributed by atoms with Gasteiger partial charge in [-0.2, -0.15) is 0 Å². The maximum absolute atomic E-state index is 12.6. The number of alkyl carbamates (subject to hydrolysis) is 1. The number of carbonyl (C=O) groups is 3. The monoisotopic (exact) mass is 551 g/mol. The van der Waals surface area contributed by atoms with Gasteiger partial charge in [-0.25, -0.2) is 4.79 Å². The van der Waals surface area contributed by atoms with Crippen molar-refractivity contribution in [2.24, 2.45) is 17.8 Å². The SMILES string of the molecule is COCCOCCOC(=O)NCC(=O)NC1C(O)CC(C(=O)[O-])(C(C(C)C)C(C)C)OC1[C@H](O)[C@H](O)CO. The molecule has 1 saturated heterocycles. The molecule has 1 aliphatic rings. The predicted octanol–water partition coefficient (Wildman–Crippen LogP) is -2.86. The molecule has 0 bridgehead atoms. The summed E-state index contributed by atoms with van der Waals surface area (Å²) in [4.78, 5) is 36.8. The van der Waals surface area contributed by atoms with Crippen LogP contribution in [-0.2, 0) is 28.5 Å². The average molecular weight is 552 g/mol. The zero-order chi connectivity index (χ0) is 29.0. The van der Waals surface area contributed by atoms with Crippen LogP contribution < -0.4 is 15.7 Å². The van der Waals surface area contributed by atoms with Crippen LogP contribution in [0, 0.1) is 17.8 Å². The van der Waals surface area contributed by atoms with Crippen LogP contribution in [0.1, 0.15) is 34.1 Å². The first kappa shape index (κ1) is 34.0. The molecule has 0 aromatic heterocycles.